The molecule has 2 aliphatic heterocycles. The fourth-order valence-corrected chi connectivity index (χ4v) is 6.87. The fraction of sp³-hybridized carbons (Fsp3) is 0.303. The van der Waals surface area contributed by atoms with Crippen molar-refractivity contribution in [3.8, 4) is 16.9 Å². The zero-order chi connectivity index (χ0) is 29.4. The minimum Gasteiger partial charge on any atom is -0.341 e. The van der Waals surface area contributed by atoms with Crippen LogP contribution >= 0.6 is 11.8 Å². The molecule has 216 valence electrons. The summed E-state index contributed by atoms with van der Waals surface area (Å²) in [5.41, 5.74) is 4.01. The molecule has 0 unspecified atom stereocenters. The predicted molar refractivity (Wildman–Crippen MR) is 162 cm³/mol. The van der Waals surface area contributed by atoms with Gasteiger partial charge in [0.15, 0.2) is 0 Å². The maximum Gasteiger partial charge on any atom is 0.242 e. The van der Waals surface area contributed by atoms with Gasteiger partial charge in [-0.2, -0.15) is 5.10 Å². The number of aryl methyl sites for hydroxylation is 1. The number of amides is 2. The van der Waals surface area contributed by atoms with E-state index in [1.54, 1.807) is 4.68 Å². The van der Waals surface area contributed by atoms with E-state index >= 15 is 4.39 Å². The van der Waals surface area contributed by atoms with Crippen LogP contribution in [0.3, 0.4) is 0 Å². The molecule has 1 fully saturated rings. The second kappa shape index (κ2) is 11.7. The van der Waals surface area contributed by atoms with Gasteiger partial charge < -0.3 is 4.90 Å². The van der Waals surface area contributed by atoms with E-state index in [4.69, 9.17) is 5.10 Å². The van der Waals surface area contributed by atoms with E-state index in [2.05, 4.69) is 6.92 Å². The Balaban J connectivity index is 1.57. The van der Waals surface area contributed by atoms with Crippen LogP contribution in [0.2, 0.25) is 0 Å². The van der Waals surface area contributed by atoms with Gasteiger partial charge in [0.2, 0.25) is 11.8 Å². The Kier molecular flexibility index (Phi) is 7.86. The largest absolute Gasteiger partial charge is 0.341 e. The molecule has 0 saturated carbocycles. The Hall–Kier alpha value is -3.98. The molecule has 1 saturated heterocycles. The quantitative estimate of drug-likeness (QED) is 0.266. The van der Waals surface area contributed by atoms with Crippen LogP contribution in [0.5, 0.6) is 0 Å². The Morgan fingerprint density at radius 3 is 2.40 bits per heavy atom. The van der Waals surface area contributed by atoms with Crippen molar-refractivity contribution in [2.75, 3.05) is 30.3 Å². The van der Waals surface area contributed by atoms with Gasteiger partial charge in [-0.05, 0) is 43.9 Å². The highest BCUT2D eigenvalue weighted by Crippen LogP contribution is 2.49. The minimum atomic E-state index is -0.694. The lowest BCUT2D eigenvalue weighted by molar-refractivity contribution is -0.132. The van der Waals surface area contributed by atoms with Crippen LogP contribution < -0.4 is 4.90 Å². The molecular weight excluding hydrogens is 554 g/mol. The highest BCUT2D eigenvalue weighted by molar-refractivity contribution is 8.00. The van der Waals surface area contributed by atoms with E-state index in [9.17, 15) is 14.0 Å². The number of fused-ring (bicyclic) bond motifs is 1. The molecule has 0 N–H and O–H groups in total. The zero-order valence-electron chi connectivity index (χ0n) is 23.6. The van der Waals surface area contributed by atoms with E-state index in [1.165, 1.54) is 28.8 Å². The van der Waals surface area contributed by atoms with Crippen molar-refractivity contribution in [1.82, 2.24) is 14.7 Å². The van der Waals surface area contributed by atoms with Gasteiger partial charge in [-0.15, -0.1) is 11.8 Å². The van der Waals surface area contributed by atoms with Crippen molar-refractivity contribution in [3.63, 3.8) is 0 Å². The average Bonchev–Trinajstić information content (AvgIpc) is 3.31. The van der Waals surface area contributed by atoms with Crippen molar-refractivity contribution in [2.24, 2.45) is 5.92 Å². The SMILES string of the molecule is Cc1ccc(-n2nc(-c3ccccc3)c3c2N(CC(=O)N2CCC(C)CC2)C(=O)CS[C@@H]3c2ccc(F)cc2F)cc1. The van der Waals surface area contributed by atoms with Crippen molar-refractivity contribution in [3.05, 3.63) is 101 Å². The highest BCUT2D eigenvalue weighted by atomic mass is 32.2. The van der Waals surface area contributed by atoms with Gasteiger partial charge in [-0.3, -0.25) is 14.5 Å². The number of likely N-dealkylation sites (tertiary alicyclic amines) is 1. The summed E-state index contributed by atoms with van der Waals surface area (Å²) in [6.45, 7) is 5.33. The number of hydrogen-bond acceptors (Lipinski definition) is 4. The van der Waals surface area contributed by atoms with E-state index in [1.807, 2.05) is 66.4 Å². The molecule has 2 amide bonds. The molecule has 6 rings (SSSR count). The first-order chi connectivity index (χ1) is 20.3. The zero-order valence-corrected chi connectivity index (χ0v) is 24.4. The number of halogens is 2. The van der Waals surface area contributed by atoms with Crippen LogP contribution in [0.4, 0.5) is 14.6 Å². The van der Waals surface area contributed by atoms with Gasteiger partial charge in [-0.25, -0.2) is 13.5 Å². The molecule has 4 aromatic rings. The standard InChI is InChI=1S/C33H32F2N4O2S/c1-21-8-11-25(12-9-21)39-33-30(31(36-39)23-6-4-3-5-7-23)32(26-13-10-24(34)18-27(26)35)42-20-29(41)38(33)19-28(40)37-16-14-22(2)15-17-37/h3-13,18,22,32H,14-17,19-20H2,1-2H3/t32-/m1/s1. The van der Waals surface area contributed by atoms with E-state index in [0.717, 1.165) is 30.0 Å². The Labute approximate surface area is 248 Å². The van der Waals surface area contributed by atoms with Crippen molar-refractivity contribution in [1.29, 1.82) is 0 Å². The van der Waals surface area contributed by atoms with Crippen LogP contribution in [0.25, 0.3) is 16.9 Å². The first kappa shape index (κ1) is 28.2. The summed E-state index contributed by atoms with van der Waals surface area (Å²) in [7, 11) is 0. The molecular formula is C33H32F2N4O2S. The Morgan fingerprint density at radius 1 is 1.00 bits per heavy atom. The number of carbonyl (C=O) groups is 2. The molecule has 0 spiro atoms. The predicted octanol–water partition coefficient (Wildman–Crippen LogP) is 6.55. The number of hydrogen-bond donors (Lipinski definition) is 0. The number of aromatic nitrogens is 2. The number of carbonyl (C=O) groups excluding carboxylic acids is 2. The topological polar surface area (TPSA) is 58.4 Å². The second-order valence-electron chi connectivity index (χ2n) is 11.1. The lowest BCUT2D eigenvalue weighted by Gasteiger charge is -2.32. The van der Waals surface area contributed by atoms with Gasteiger partial charge in [0, 0.05) is 35.8 Å². The maximum absolute atomic E-state index is 15.4. The summed E-state index contributed by atoms with van der Waals surface area (Å²) in [4.78, 5) is 30.9. The van der Waals surface area contributed by atoms with Crippen LogP contribution in [0.1, 0.15) is 41.7 Å². The van der Waals surface area contributed by atoms with Crippen molar-refractivity contribution < 1.29 is 18.4 Å². The molecule has 2 aliphatic rings. The summed E-state index contributed by atoms with van der Waals surface area (Å²) in [5.74, 6) is -0.760. The number of anilines is 1. The van der Waals surface area contributed by atoms with E-state index < -0.39 is 16.9 Å². The molecule has 3 aromatic carbocycles. The Morgan fingerprint density at radius 2 is 1.71 bits per heavy atom. The van der Waals surface area contributed by atoms with E-state index in [0.29, 0.717) is 41.8 Å². The molecule has 6 nitrogen and oxygen atoms in total. The first-order valence-corrected chi connectivity index (χ1v) is 15.2. The summed E-state index contributed by atoms with van der Waals surface area (Å²) < 4.78 is 31.1. The third-order valence-electron chi connectivity index (χ3n) is 8.09. The first-order valence-electron chi connectivity index (χ1n) is 14.2. The van der Waals surface area contributed by atoms with Crippen LogP contribution in [0, 0.1) is 24.5 Å². The van der Waals surface area contributed by atoms with Crippen molar-refractivity contribution in [2.45, 2.75) is 31.9 Å². The number of piperidine rings is 1. The van der Waals surface area contributed by atoms with Crippen LogP contribution in [0.15, 0.2) is 72.8 Å². The van der Waals surface area contributed by atoms with Crippen LogP contribution in [-0.2, 0) is 9.59 Å². The van der Waals surface area contributed by atoms with Crippen molar-refractivity contribution >= 4 is 29.4 Å². The Bertz CT molecular complexity index is 1620. The van der Waals surface area contributed by atoms with Gasteiger partial charge in [-0.1, -0.05) is 61.0 Å². The highest BCUT2D eigenvalue weighted by Gasteiger charge is 2.39. The number of nitrogens with zero attached hydrogens (tertiary/aromatic N) is 4. The minimum absolute atomic E-state index is 0.0165. The van der Waals surface area contributed by atoms with Gasteiger partial charge in [0.25, 0.3) is 0 Å². The molecule has 3 heterocycles. The lowest BCUT2D eigenvalue weighted by Crippen LogP contribution is -2.46. The second-order valence-corrected chi connectivity index (χ2v) is 12.2. The summed E-state index contributed by atoms with van der Waals surface area (Å²) in [5, 5.41) is 4.36. The summed E-state index contributed by atoms with van der Waals surface area (Å²) >= 11 is 1.26. The number of benzene rings is 3. The average molecular weight is 587 g/mol. The summed E-state index contributed by atoms with van der Waals surface area (Å²) in [6.07, 6.45) is 1.85. The van der Waals surface area contributed by atoms with Crippen LogP contribution in [-0.4, -0.2) is 51.9 Å². The lowest BCUT2D eigenvalue weighted by atomic mass is 9.98. The summed E-state index contributed by atoms with van der Waals surface area (Å²) in [6, 6.07) is 20.8. The molecule has 0 radical (unpaired) electrons. The smallest absolute Gasteiger partial charge is 0.242 e. The number of thioether (sulfide) groups is 1. The third-order valence-corrected chi connectivity index (χ3v) is 9.33. The normalized spacial score (nSPS) is 17.7. The van der Waals surface area contributed by atoms with E-state index in [-0.39, 0.29) is 29.7 Å². The third kappa shape index (κ3) is 5.45. The molecule has 9 heteroatoms. The molecule has 0 aliphatic carbocycles. The van der Waals surface area contributed by atoms with Gasteiger partial charge in [0.05, 0.1) is 22.4 Å². The number of rotatable bonds is 5. The molecule has 42 heavy (non-hydrogen) atoms. The molecule has 0 bridgehead atoms. The monoisotopic (exact) mass is 586 g/mol. The fourth-order valence-electron chi connectivity index (χ4n) is 5.65. The maximum atomic E-state index is 15.4. The van der Waals surface area contributed by atoms with Gasteiger partial charge >= 0.3 is 0 Å². The van der Waals surface area contributed by atoms with Gasteiger partial charge in [0.1, 0.15) is 24.0 Å². The molecule has 1 aromatic heterocycles. The molecule has 1 atom stereocenters.